The third kappa shape index (κ3) is 4.63. The maximum Gasteiger partial charge on any atom is 0.0991 e. The Morgan fingerprint density at radius 1 is 1.19 bits per heavy atom. The minimum atomic E-state index is 0.390. The maximum absolute atomic E-state index is 8.91. The van der Waals surface area contributed by atoms with Crippen molar-refractivity contribution in [3.05, 3.63) is 65.2 Å². The van der Waals surface area contributed by atoms with Gasteiger partial charge in [0.25, 0.3) is 0 Å². The van der Waals surface area contributed by atoms with Crippen LogP contribution in [0.15, 0.2) is 53.4 Å². The summed E-state index contributed by atoms with van der Waals surface area (Å²) in [6, 6.07) is 19.1. The fraction of sp³-hybridized carbons (Fsp3) is 0.278. The summed E-state index contributed by atoms with van der Waals surface area (Å²) in [6.07, 6.45) is 0. The van der Waals surface area contributed by atoms with E-state index in [9.17, 15) is 0 Å². The first-order valence-electron chi connectivity index (χ1n) is 7.18. The van der Waals surface area contributed by atoms with Crippen LogP contribution in [0.3, 0.4) is 0 Å². The van der Waals surface area contributed by atoms with Gasteiger partial charge in [-0.1, -0.05) is 31.2 Å². The van der Waals surface area contributed by atoms with E-state index >= 15 is 0 Å². The topological polar surface area (TPSA) is 35.8 Å². The van der Waals surface area contributed by atoms with Crippen molar-refractivity contribution in [2.24, 2.45) is 0 Å². The molecule has 1 unspecified atom stereocenters. The lowest BCUT2D eigenvalue weighted by Gasteiger charge is -2.13. The molecule has 0 aromatic heterocycles. The van der Waals surface area contributed by atoms with Crippen molar-refractivity contribution < 1.29 is 0 Å². The Balaban J connectivity index is 1.96. The molecule has 1 atom stereocenters. The number of nitriles is 1. The fourth-order valence-electron chi connectivity index (χ4n) is 2.17. The minimum Gasteiger partial charge on any atom is -0.310 e. The number of thioether (sulfide) groups is 1. The van der Waals surface area contributed by atoms with Gasteiger partial charge in [-0.15, -0.1) is 11.8 Å². The molecular weight excluding hydrogens is 276 g/mol. The van der Waals surface area contributed by atoms with Gasteiger partial charge in [-0.3, -0.25) is 0 Å². The molecule has 108 valence electrons. The normalized spacial score (nSPS) is 11.9. The lowest BCUT2D eigenvalue weighted by Crippen LogP contribution is -2.17. The molecule has 0 aliphatic rings. The summed E-state index contributed by atoms with van der Waals surface area (Å²) in [5.74, 6) is 0.887. The highest BCUT2D eigenvalue weighted by Gasteiger charge is 2.03. The summed E-state index contributed by atoms with van der Waals surface area (Å²) < 4.78 is 0. The van der Waals surface area contributed by atoms with Gasteiger partial charge < -0.3 is 5.32 Å². The van der Waals surface area contributed by atoms with Crippen molar-refractivity contribution in [2.45, 2.75) is 30.5 Å². The van der Waals surface area contributed by atoms with Gasteiger partial charge in [0, 0.05) is 16.7 Å². The Hall–Kier alpha value is -1.76. The highest BCUT2D eigenvalue weighted by Crippen LogP contribution is 2.24. The summed E-state index contributed by atoms with van der Waals surface area (Å²) in [4.78, 5) is 1.25. The first-order valence-corrected chi connectivity index (χ1v) is 8.16. The lowest BCUT2D eigenvalue weighted by atomic mass is 10.1. The van der Waals surface area contributed by atoms with E-state index in [0.29, 0.717) is 6.04 Å². The highest BCUT2D eigenvalue weighted by molar-refractivity contribution is 7.98. The van der Waals surface area contributed by atoms with Gasteiger partial charge >= 0.3 is 0 Å². The molecule has 0 aliphatic carbocycles. The first kappa shape index (κ1) is 15.6. The van der Waals surface area contributed by atoms with Crippen LogP contribution in [-0.2, 0) is 5.75 Å². The lowest BCUT2D eigenvalue weighted by molar-refractivity contribution is 0.598. The maximum atomic E-state index is 8.91. The zero-order valence-corrected chi connectivity index (χ0v) is 13.3. The van der Waals surface area contributed by atoms with E-state index in [0.717, 1.165) is 17.9 Å². The number of hydrogen-bond acceptors (Lipinski definition) is 3. The van der Waals surface area contributed by atoms with Crippen molar-refractivity contribution in [3.8, 4) is 6.07 Å². The number of hydrogen-bond donors (Lipinski definition) is 1. The second-order valence-electron chi connectivity index (χ2n) is 4.95. The molecule has 0 saturated heterocycles. The Morgan fingerprint density at radius 3 is 2.62 bits per heavy atom. The molecule has 0 amide bonds. The molecule has 0 radical (unpaired) electrons. The molecule has 0 bridgehead atoms. The average Bonchev–Trinajstić information content (AvgIpc) is 2.54. The predicted octanol–water partition coefficient (Wildman–Crippen LogP) is 4.52. The Labute approximate surface area is 131 Å². The van der Waals surface area contributed by atoms with Crippen LogP contribution in [0.2, 0.25) is 0 Å². The molecule has 3 heteroatoms. The molecule has 1 N–H and O–H groups in total. The predicted molar refractivity (Wildman–Crippen MR) is 89.3 cm³/mol. The summed E-state index contributed by atoms with van der Waals surface area (Å²) in [5, 5.41) is 12.3. The van der Waals surface area contributed by atoms with Crippen LogP contribution in [0.5, 0.6) is 0 Å². The Morgan fingerprint density at radius 2 is 1.95 bits per heavy atom. The Kier molecular flexibility index (Phi) is 5.86. The molecule has 2 rings (SSSR count). The second-order valence-corrected chi connectivity index (χ2v) is 6.00. The van der Waals surface area contributed by atoms with E-state index in [1.165, 1.54) is 16.0 Å². The van der Waals surface area contributed by atoms with Crippen molar-refractivity contribution in [1.82, 2.24) is 5.32 Å². The van der Waals surface area contributed by atoms with Gasteiger partial charge in [-0.2, -0.15) is 5.26 Å². The monoisotopic (exact) mass is 296 g/mol. The summed E-state index contributed by atoms with van der Waals surface area (Å²) in [5.41, 5.74) is 3.22. The van der Waals surface area contributed by atoms with Crippen LogP contribution in [0.25, 0.3) is 0 Å². The number of rotatable bonds is 6. The molecule has 2 aromatic rings. The smallest absolute Gasteiger partial charge is 0.0991 e. The summed E-state index contributed by atoms with van der Waals surface area (Å²) in [7, 11) is 0. The zero-order chi connectivity index (χ0) is 15.1. The molecule has 21 heavy (non-hydrogen) atoms. The summed E-state index contributed by atoms with van der Waals surface area (Å²) in [6.45, 7) is 5.28. The molecule has 2 nitrogen and oxygen atoms in total. The molecule has 0 saturated carbocycles. The molecular formula is C18H20N2S. The molecule has 2 aromatic carbocycles. The van der Waals surface area contributed by atoms with E-state index in [2.05, 4.69) is 55.6 Å². The van der Waals surface area contributed by atoms with Gasteiger partial charge in [0.1, 0.15) is 0 Å². The van der Waals surface area contributed by atoms with Crippen LogP contribution in [0, 0.1) is 11.3 Å². The van der Waals surface area contributed by atoms with Crippen LogP contribution >= 0.6 is 11.8 Å². The molecule has 0 aliphatic heterocycles. The molecule has 0 heterocycles. The standard InChI is InChI=1S/C18H20N2S/c1-3-20-14(2)17-7-9-18(10-8-17)21-13-16-6-4-5-15(11-16)12-19/h4-11,14,20H,3,13H2,1-2H3. The first-order chi connectivity index (χ1) is 10.2. The van der Waals surface area contributed by atoms with Gasteiger partial charge in [-0.05, 0) is 48.9 Å². The van der Waals surface area contributed by atoms with Crippen LogP contribution < -0.4 is 5.32 Å². The quantitative estimate of drug-likeness (QED) is 0.796. The van der Waals surface area contributed by atoms with Gasteiger partial charge in [0.2, 0.25) is 0 Å². The third-order valence-corrected chi connectivity index (χ3v) is 4.44. The summed E-state index contributed by atoms with van der Waals surface area (Å²) >= 11 is 1.80. The largest absolute Gasteiger partial charge is 0.310 e. The van der Waals surface area contributed by atoms with E-state index in [1.54, 1.807) is 11.8 Å². The minimum absolute atomic E-state index is 0.390. The van der Waals surface area contributed by atoms with Gasteiger partial charge in [0.15, 0.2) is 0 Å². The Bertz CT molecular complexity index is 614. The average molecular weight is 296 g/mol. The van der Waals surface area contributed by atoms with Gasteiger partial charge in [0.05, 0.1) is 11.6 Å². The van der Waals surface area contributed by atoms with Crippen LogP contribution in [0.1, 0.15) is 36.6 Å². The van der Waals surface area contributed by atoms with Crippen molar-refractivity contribution in [1.29, 1.82) is 5.26 Å². The van der Waals surface area contributed by atoms with E-state index < -0.39 is 0 Å². The van der Waals surface area contributed by atoms with Crippen molar-refractivity contribution in [2.75, 3.05) is 6.54 Å². The molecule has 0 fully saturated rings. The molecule has 0 spiro atoms. The number of nitrogens with zero attached hydrogens (tertiary/aromatic N) is 1. The number of nitrogens with one attached hydrogen (secondary N) is 1. The van der Waals surface area contributed by atoms with Crippen LogP contribution in [0.4, 0.5) is 0 Å². The SMILES string of the molecule is CCNC(C)c1ccc(SCc2cccc(C#N)c2)cc1. The van der Waals surface area contributed by atoms with Crippen molar-refractivity contribution >= 4 is 11.8 Å². The van der Waals surface area contributed by atoms with E-state index in [-0.39, 0.29) is 0 Å². The third-order valence-electron chi connectivity index (χ3n) is 3.35. The fourth-order valence-corrected chi connectivity index (χ4v) is 3.02. The van der Waals surface area contributed by atoms with Crippen molar-refractivity contribution in [3.63, 3.8) is 0 Å². The van der Waals surface area contributed by atoms with Crippen LogP contribution in [-0.4, -0.2) is 6.54 Å². The highest BCUT2D eigenvalue weighted by atomic mass is 32.2. The zero-order valence-electron chi connectivity index (χ0n) is 12.5. The van der Waals surface area contributed by atoms with E-state index in [4.69, 9.17) is 5.26 Å². The second kappa shape index (κ2) is 7.87. The number of benzene rings is 2. The van der Waals surface area contributed by atoms with Gasteiger partial charge in [-0.25, -0.2) is 0 Å². The van der Waals surface area contributed by atoms with E-state index in [1.807, 2.05) is 18.2 Å².